The minimum Gasteiger partial charge on any atom is -0.396 e. The van der Waals surface area contributed by atoms with Gasteiger partial charge < -0.3 is 5.11 Å². The summed E-state index contributed by atoms with van der Waals surface area (Å²) in [4.78, 5) is 0. The van der Waals surface area contributed by atoms with Crippen molar-refractivity contribution in [2.24, 2.45) is 5.92 Å². The molecule has 1 aromatic carbocycles. The molecule has 0 fully saturated rings. The normalized spacial score (nSPS) is 12.1. The summed E-state index contributed by atoms with van der Waals surface area (Å²) in [6.07, 6.45) is 0.377. The van der Waals surface area contributed by atoms with Gasteiger partial charge in [-0.25, -0.2) is 8.78 Å². The van der Waals surface area contributed by atoms with Gasteiger partial charge in [-0.15, -0.1) is 0 Å². The molecule has 1 N–H and O–H groups in total. The average molecular weight is 228 g/mol. The molecule has 0 aliphatic carbocycles. The third-order valence-electron chi connectivity index (χ3n) is 2.45. The first kappa shape index (κ1) is 13.1. The fourth-order valence-electron chi connectivity index (χ4n) is 1.64. The Hall–Kier alpha value is -0.960. The first-order chi connectivity index (χ1) is 7.45. The lowest BCUT2D eigenvalue weighted by molar-refractivity contribution is -0.0269. The number of hydrogen-bond donors (Lipinski definition) is 1. The Kier molecular flexibility index (Phi) is 4.42. The number of aliphatic hydroxyl groups excluding tert-OH is 1. The van der Waals surface area contributed by atoms with Crippen molar-refractivity contribution in [1.29, 1.82) is 0 Å². The smallest absolute Gasteiger partial charge is 0.275 e. The van der Waals surface area contributed by atoms with E-state index in [0.717, 1.165) is 12.0 Å². The molecule has 3 heteroatoms. The van der Waals surface area contributed by atoms with Crippen LogP contribution in [-0.4, -0.2) is 11.7 Å². The maximum atomic E-state index is 13.4. The van der Waals surface area contributed by atoms with Crippen LogP contribution in [-0.2, 0) is 12.3 Å². The molecule has 0 heterocycles. The van der Waals surface area contributed by atoms with E-state index in [4.69, 9.17) is 5.11 Å². The zero-order valence-corrected chi connectivity index (χ0v) is 9.71. The molecule has 0 aliphatic heterocycles. The number of benzene rings is 1. The number of alkyl halides is 2. The number of halogens is 2. The Morgan fingerprint density at radius 2 is 1.75 bits per heavy atom. The molecule has 0 atom stereocenters. The summed E-state index contributed by atoms with van der Waals surface area (Å²) in [6.45, 7) is 3.68. The van der Waals surface area contributed by atoms with Crippen molar-refractivity contribution >= 4 is 0 Å². The van der Waals surface area contributed by atoms with Crippen molar-refractivity contribution in [3.8, 4) is 0 Å². The quantitative estimate of drug-likeness (QED) is 0.819. The predicted molar refractivity (Wildman–Crippen MR) is 60.6 cm³/mol. The van der Waals surface area contributed by atoms with E-state index >= 15 is 0 Å². The van der Waals surface area contributed by atoms with Crippen molar-refractivity contribution in [3.05, 3.63) is 35.4 Å². The largest absolute Gasteiger partial charge is 0.396 e. The first-order valence-corrected chi connectivity index (χ1v) is 5.54. The van der Waals surface area contributed by atoms with Gasteiger partial charge in [-0.2, -0.15) is 0 Å². The van der Waals surface area contributed by atoms with E-state index in [0.29, 0.717) is 5.92 Å². The van der Waals surface area contributed by atoms with Gasteiger partial charge in [0.15, 0.2) is 0 Å². The van der Waals surface area contributed by atoms with Crippen LogP contribution in [0.15, 0.2) is 24.3 Å². The molecule has 90 valence electrons. The Balaban J connectivity index is 2.78. The van der Waals surface area contributed by atoms with Crippen LogP contribution >= 0.6 is 0 Å². The van der Waals surface area contributed by atoms with Gasteiger partial charge in [-0.05, 0) is 17.9 Å². The van der Waals surface area contributed by atoms with Gasteiger partial charge in [-0.1, -0.05) is 38.1 Å². The second kappa shape index (κ2) is 5.39. The van der Waals surface area contributed by atoms with E-state index < -0.39 is 19.0 Å². The number of aliphatic hydroxyl groups is 1. The molecule has 0 amide bonds. The van der Waals surface area contributed by atoms with Crippen LogP contribution in [0.3, 0.4) is 0 Å². The molecule has 16 heavy (non-hydrogen) atoms. The first-order valence-electron chi connectivity index (χ1n) is 5.54. The standard InChI is InChI=1S/C13H18F2O/c1-10(2)9-11-3-5-12(6-4-11)13(14,15)7-8-16/h3-6,10,16H,7-9H2,1-2H3. The highest BCUT2D eigenvalue weighted by molar-refractivity contribution is 5.26. The molecule has 1 nitrogen and oxygen atoms in total. The molecule has 1 aromatic rings. The molecule has 0 radical (unpaired) electrons. The highest BCUT2D eigenvalue weighted by Gasteiger charge is 2.30. The summed E-state index contributed by atoms with van der Waals surface area (Å²) in [5.74, 6) is -2.41. The van der Waals surface area contributed by atoms with Gasteiger partial charge in [0.05, 0.1) is 0 Å². The second-order valence-corrected chi connectivity index (χ2v) is 4.47. The number of hydrogen-bond acceptors (Lipinski definition) is 1. The SMILES string of the molecule is CC(C)Cc1ccc(C(F)(F)CCO)cc1. The minimum absolute atomic E-state index is 0.0194. The van der Waals surface area contributed by atoms with E-state index in [1.165, 1.54) is 12.1 Å². The van der Waals surface area contributed by atoms with Crippen LogP contribution in [0.5, 0.6) is 0 Å². The molecular formula is C13H18F2O. The van der Waals surface area contributed by atoms with Gasteiger partial charge in [0, 0.05) is 18.6 Å². The van der Waals surface area contributed by atoms with Crippen molar-refractivity contribution < 1.29 is 13.9 Å². The molecule has 0 saturated heterocycles. The Morgan fingerprint density at radius 1 is 1.19 bits per heavy atom. The van der Waals surface area contributed by atoms with E-state index in [-0.39, 0.29) is 5.56 Å². The molecule has 1 rings (SSSR count). The van der Waals surface area contributed by atoms with Gasteiger partial charge in [0.1, 0.15) is 0 Å². The van der Waals surface area contributed by atoms with E-state index in [1.54, 1.807) is 12.1 Å². The zero-order valence-electron chi connectivity index (χ0n) is 9.71. The maximum absolute atomic E-state index is 13.4. The van der Waals surface area contributed by atoms with Crippen LogP contribution in [0.4, 0.5) is 8.78 Å². The fourth-order valence-corrected chi connectivity index (χ4v) is 1.64. The van der Waals surface area contributed by atoms with Crippen molar-refractivity contribution in [2.75, 3.05) is 6.61 Å². The molecule has 0 unspecified atom stereocenters. The lowest BCUT2D eigenvalue weighted by Crippen LogP contribution is -2.15. The van der Waals surface area contributed by atoms with Gasteiger partial charge in [0.2, 0.25) is 0 Å². The highest BCUT2D eigenvalue weighted by Crippen LogP contribution is 2.31. The average Bonchev–Trinajstić information content (AvgIpc) is 2.17. The molecule has 0 aromatic heterocycles. The van der Waals surface area contributed by atoms with Gasteiger partial charge in [-0.3, -0.25) is 0 Å². The monoisotopic (exact) mass is 228 g/mol. The van der Waals surface area contributed by atoms with Crippen molar-refractivity contribution in [1.82, 2.24) is 0 Å². The zero-order chi connectivity index (χ0) is 12.2. The van der Waals surface area contributed by atoms with Crippen LogP contribution in [0.1, 0.15) is 31.4 Å². The molecular weight excluding hydrogens is 210 g/mol. The molecule has 0 aliphatic rings. The summed E-state index contributed by atoms with van der Waals surface area (Å²) >= 11 is 0. The minimum atomic E-state index is -2.93. The topological polar surface area (TPSA) is 20.2 Å². The van der Waals surface area contributed by atoms with Crippen molar-refractivity contribution in [3.63, 3.8) is 0 Å². The summed E-state index contributed by atoms with van der Waals surface area (Å²) in [5, 5.41) is 8.56. The van der Waals surface area contributed by atoms with Crippen molar-refractivity contribution in [2.45, 2.75) is 32.6 Å². The third kappa shape index (κ3) is 3.56. The molecule has 0 spiro atoms. The van der Waals surface area contributed by atoms with Crippen LogP contribution in [0.2, 0.25) is 0 Å². The summed E-state index contributed by atoms with van der Waals surface area (Å²) in [7, 11) is 0. The van der Waals surface area contributed by atoms with E-state index in [2.05, 4.69) is 13.8 Å². The fraction of sp³-hybridized carbons (Fsp3) is 0.538. The third-order valence-corrected chi connectivity index (χ3v) is 2.45. The predicted octanol–water partition coefficient (Wildman–Crippen LogP) is 3.36. The van der Waals surface area contributed by atoms with E-state index in [1.807, 2.05) is 0 Å². The van der Waals surface area contributed by atoms with Crippen LogP contribution in [0.25, 0.3) is 0 Å². The Bertz CT molecular complexity index is 317. The van der Waals surface area contributed by atoms with E-state index in [9.17, 15) is 8.78 Å². The summed E-state index contributed by atoms with van der Waals surface area (Å²) < 4.78 is 26.8. The lowest BCUT2D eigenvalue weighted by atomic mass is 9.99. The highest BCUT2D eigenvalue weighted by atomic mass is 19.3. The maximum Gasteiger partial charge on any atom is 0.275 e. The van der Waals surface area contributed by atoms with Gasteiger partial charge >= 0.3 is 0 Å². The molecule has 0 saturated carbocycles. The Labute approximate surface area is 95.1 Å². The van der Waals surface area contributed by atoms with Crippen LogP contribution < -0.4 is 0 Å². The van der Waals surface area contributed by atoms with Crippen LogP contribution in [0, 0.1) is 5.92 Å². The Morgan fingerprint density at radius 3 is 2.19 bits per heavy atom. The van der Waals surface area contributed by atoms with Gasteiger partial charge in [0.25, 0.3) is 5.92 Å². The summed E-state index contributed by atoms with van der Waals surface area (Å²) in [6, 6.07) is 6.38. The lowest BCUT2D eigenvalue weighted by Gasteiger charge is -2.16. The number of rotatable bonds is 5. The second-order valence-electron chi connectivity index (χ2n) is 4.47. The summed E-state index contributed by atoms with van der Waals surface area (Å²) in [5.41, 5.74) is 1.05. The molecule has 0 bridgehead atoms.